The van der Waals surface area contributed by atoms with Crippen LogP contribution in [0.15, 0.2) is 0 Å². The Bertz CT molecular complexity index is 334. The van der Waals surface area contributed by atoms with Crippen LogP contribution in [0.25, 0.3) is 0 Å². The fourth-order valence-corrected chi connectivity index (χ4v) is 3.75. The zero-order valence-electron chi connectivity index (χ0n) is 12.1. The molecule has 1 aliphatic heterocycles. The first kappa shape index (κ1) is 16.3. The van der Waals surface area contributed by atoms with Gasteiger partial charge in [0, 0.05) is 17.7 Å². The second-order valence-corrected chi connectivity index (χ2v) is 7.33. The van der Waals surface area contributed by atoms with E-state index in [-0.39, 0.29) is 17.1 Å². The molecule has 1 saturated heterocycles. The van der Waals surface area contributed by atoms with Crippen LogP contribution in [0.5, 0.6) is 0 Å². The smallest absolute Gasteiger partial charge is 0.310 e. The Labute approximate surface area is 119 Å². The number of hydrogen-bond donors (Lipinski definition) is 2. The van der Waals surface area contributed by atoms with Gasteiger partial charge in [-0.25, -0.2) is 0 Å². The normalized spacial score (nSPS) is 23.3. The van der Waals surface area contributed by atoms with E-state index < -0.39 is 11.4 Å². The van der Waals surface area contributed by atoms with E-state index in [9.17, 15) is 14.7 Å². The number of hydrogen-bond acceptors (Lipinski definition) is 3. The molecule has 2 N–H and O–H groups in total. The van der Waals surface area contributed by atoms with Gasteiger partial charge in [-0.1, -0.05) is 13.8 Å². The Hall–Kier alpha value is -0.710. The third-order valence-corrected chi connectivity index (χ3v) is 5.80. The lowest BCUT2D eigenvalue weighted by Crippen LogP contribution is -2.41. The van der Waals surface area contributed by atoms with Gasteiger partial charge in [-0.3, -0.25) is 9.59 Å². The molecular formula is C14H25NO3S. The third-order valence-electron chi connectivity index (χ3n) is 4.27. The highest BCUT2D eigenvalue weighted by molar-refractivity contribution is 8.00. The van der Waals surface area contributed by atoms with Crippen molar-refractivity contribution in [1.82, 2.24) is 5.32 Å². The summed E-state index contributed by atoms with van der Waals surface area (Å²) in [6.45, 7) is 6.47. The molecule has 0 aromatic carbocycles. The summed E-state index contributed by atoms with van der Waals surface area (Å²) in [5, 5.41) is 12.2. The summed E-state index contributed by atoms with van der Waals surface area (Å²) in [6, 6.07) is 0. The highest BCUT2D eigenvalue weighted by atomic mass is 32.2. The average Bonchev–Trinajstić information content (AvgIpc) is 2.81. The lowest BCUT2D eigenvalue weighted by Gasteiger charge is -2.28. The van der Waals surface area contributed by atoms with Crippen LogP contribution in [0.2, 0.25) is 0 Å². The molecular weight excluding hydrogens is 262 g/mol. The zero-order chi connectivity index (χ0) is 14.5. The van der Waals surface area contributed by atoms with Crippen molar-refractivity contribution in [3.63, 3.8) is 0 Å². The first-order valence-corrected chi connectivity index (χ1v) is 8.00. The van der Waals surface area contributed by atoms with E-state index in [1.165, 1.54) is 6.42 Å². The maximum absolute atomic E-state index is 12.0. The van der Waals surface area contributed by atoms with Crippen LogP contribution in [-0.2, 0) is 9.59 Å². The highest BCUT2D eigenvalue weighted by Crippen LogP contribution is 2.37. The van der Waals surface area contributed by atoms with E-state index in [0.717, 1.165) is 12.2 Å². The molecule has 110 valence electrons. The van der Waals surface area contributed by atoms with E-state index in [4.69, 9.17) is 0 Å². The van der Waals surface area contributed by atoms with E-state index in [0.29, 0.717) is 19.4 Å². The predicted octanol–water partition coefficient (Wildman–Crippen LogP) is 2.67. The number of carboxylic acids is 1. The Morgan fingerprint density at radius 2 is 2.00 bits per heavy atom. The van der Waals surface area contributed by atoms with Gasteiger partial charge in [0.05, 0.1) is 5.41 Å². The molecule has 19 heavy (non-hydrogen) atoms. The maximum atomic E-state index is 12.0. The minimum atomic E-state index is -0.909. The van der Waals surface area contributed by atoms with Crippen molar-refractivity contribution in [1.29, 1.82) is 0 Å². The first-order valence-electron chi connectivity index (χ1n) is 7.01. The number of carboxylic acid groups (broad SMARTS) is 1. The molecule has 1 rings (SSSR count). The van der Waals surface area contributed by atoms with E-state index in [2.05, 4.69) is 12.2 Å². The summed E-state index contributed by atoms with van der Waals surface area (Å²) in [7, 11) is 0. The van der Waals surface area contributed by atoms with Gasteiger partial charge in [0.1, 0.15) is 0 Å². The number of thioether (sulfide) groups is 1. The molecule has 0 spiro atoms. The molecule has 1 fully saturated rings. The lowest BCUT2D eigenvalue weighted by atomic mass is 9.79. The van der Waals surface area contributed by atoms with Crippen LogP contribution < -0.4 is 5.32 Å². The minimum absolute atomic E-state index is 0.0794. The summed E-state index contributed by atoms with van der Waals surface area (Å²) >= 11 is 1.89. The fourth-order valence-electron chi connectivity index (χ4n) is 2.51. The molecule has 1 aliphatic rings. The molecule has 0 radical (unpaired) electrons. The fraction of sp³-hybridized carbons (Fsp3) is 0.857. The van der Waals surface area contributed by atoms with Crippen molar-refractivity contribution >= 4 is 23.6 Å². The zero-order valence-corrected chi connectivity index (χ0v) is 12.9. The average molecular weight is 287 g/mol. The van der Waals surface area contributed by atoms with E-state index in [1.54, 1.807) is 0 Å². The largest absolute Gasteiger partial charge is 0.481 e. The maximum Gasteiger partial charge on any atom is 0.310 e. The predicted molar refractivity (Wildman–Crippen MR) is 78.4 cm³/mol. The van der Waals surface area contributed by atoms with Crippen LogP contribution in [0, 0.1) is 5.41 Å². The van der Waals surface area contributed by atoms with E-state index in [1.807, 2.05) is 25.6 Å². The van der Waals surface area contributed by atoms with Crippen LogP contribution in [-0.4, -0.2) is 34.0 Å². The van der Waals surface area contributed by atoms with Gasteiger partial charge < -0.3 is 10.4 Å². The van der Waals surface area contributed by atoms with Gasteiger partial charge in [0.2, 0.25) is 5.91 Å². The molecule has 0 aliphatic carbocycles. The van der Waals surface area contributed by atoms with Crippen molar-refractivity contribution in [2.24, 2.45) is 5.41 Å². The van der Waals surface area contributed by atoms with Crippen molar-refractivity contribution < 1.29 is 14.7 Å². The van der Waals surface area contributed by atoms with E-state index >= 15 is 0 Å². The van der Waals surface area contributed by atoms with Crippen molar-refractivity contribution in [2.45, 2.75) is 57.6 Å². The summed E-state index contributed by atoms with van der Waals surface area (Å²) in [5.41, 5.74) is -0.909. The molecule has 4 nitrogen and oxygen atoms in total. The van der Waals surface area contributed by atoms with Crippen molar-refractivity contribution in [3.8, 4) is 0 Å². The quantitative estimate of drug-likeness (QED) is 0.755. The Kier molecular flexibility index (Phi) is 5.71. The Morgan fingerprint density at radius 1 is 1.37 bits per heavy atom. The van der Waals surface area contributed by atoms with Gasteiger partial charge in [-0.2, -0.15) is 11.8 Å². The summed E-state index contributed by atoms with van der Waals surface area (Å²) in [6.07, 6.45) is 3.36. The number of carbonyl (C=O) groups excluding carboxylic acids is 1. The standard InChI is InChI=1S/C14H25NO3S/c1-4-14(5-2,12(17)18)9-11(16)15-10-13(3)7-6-8-19-13/h4-10H2,1-3H3,(H,15,16)(H,17,18). The Balaban J connectivity index is 2.51. The highest BCUT2D eigenvalue weighted by Gasteiger charge is 2.38. The van der Waals surface area contributed by atoms with Gasteiger partial charge >= 0.3 is 5.97 Å². The third kappa shape index (κ3) is 4.13. The van der Waals surface area contributed by atoms with Crippen LogP contribution in [0.1, 0.15) is 52.9 Å². The van der Waals surface area contributed by atoms with Gasteiger partial charge in [-0.15, -0.1) is 0 Å². The molecule has 5 heteroatoms. The molecule has 0 aromatic heterocycles. The van der Waals surface area contributed by atoms with Gasteiger partial charge in [-0.05, 0) is 38.4 Å². The SMILES string of the molecule is CCC(CC)(CC(=O)NCC1(C)CCCS1)C(=O)O. The van der Waals surface area contributed by atoms with Gasteiger partial charge in [0.25, 0.3) is 0 Å². The number of carbonyl (C=O) groups is 2. The number of aliphatic carboxylic acids is 1. The van der Waals surface area contributed by atoms with Crippen molar-refractivity contribution in [2.75, 3.05) is 12.3 Å². The summed E-state index contributed by atoms with van der Waals surface area (Å²) < 4.78 is 0.125. The molecule has 1 atom stereocenters. The first-order chi connectivity index (χ1) is 8.87. The van der Waals surface area contributed by atoms with Gasteiger partial charge in [0.15, 0.2) is 0 Å². The monoisotopic (exact) mass is 287 g/mol. The molecule has 1 amide bonds. The van der Waals surface area contributed by atoms with Crippen molar-refractivity contribution in [3.05, 3.63) is 0 Å². The molecule has 0 bridgehead atoms. The summed E-state index contributed by atoms with van der Waals surface area (Å²) in [4.78, 5) is 23.4. The number of amides is 1. The summed E-state index contributed by atoms with van der Waals surface area (Å²) in [5.74, 6) is 0.143. The number of nitrogens with one attached hydrogen (secondary N) is 1. The minimum Gasteiger partial charge on any atom is -0.481 e. The number of rotatable bonds is 7. The second kappa shape index (κ2) is 6.64. The molecule has 0 aromatic rings. The molecule has 1 unspecified atom stereocenters. The van der Waals surface area contributed by atoms with Crippen LogP contribution in [0.3, 0.4) is 0 Å². The Morgan fingerprint density at radius 3 is 2.42 bits per heavy atom. The lowest BCUT2D eigenvalue weighted by molar-refractivity contribution is -0.152. The molecule has 0 saturated carbocycles. The van der Waals surface area contributed by atoms with Crippen LogP contribution >= 0.6 is 11.8 Å². The topological polar surface area (TPSA) is 66.4 Å². The second-order valence-electron chi connectivity index (χ2n) is 5.65. The molecule has 1 heterocycles. The van der Waals surface area contributed by atoms with Crippen LogP contribution in [0.4, 0.5) is 0 Å².